The van der Waals surface area contributed by atoms with Crippen molar-refractivity contribution in [3.05, 3.63) is 0 Å². The molecule has 0 bridgehead atoms. The molecule has 2 nitrogen and oxygen atoms in total. The van der Waals surface area contributed by atoms with Crippen molar-refractivity contribution >= 4 is 0 Å². The normalized spacial score (nSPS) is 23.1. The SMILES string of the molecule is C[C@@H](CN1CCOCC1)C(C)(C)C. The molecule has 1 saturated heterocycles. The Kier molecular flexibility index (Phi) is 3.74. The summed E-state index contributed by atoms with van der Waals surface area (Å²) in [5.74, 6) is 0.755. The first-order valence-electron chi connectivity index (χ1n) is 5.30. The fourth-order valence-electron chi connectivity index (χ4n) is 1.44. The lowest BCUT2D eigenvalue weighted by atomic mass is 9.82. The van der Waals surface area contributed by atoms with Gasteiger partial charge in [-0.05, 0) is 11.3 Å². The first-order chi connectivity index (χ1) is 6.00. The van der Waals surface area contributed by atoms with Gasteiger partial charge in [0.1, 0.15) is 0 Å². The molecule has 0 saturated carbocycles. The summed E-state index contributed by atoms with van der Waals surface area (Å²) in [6.45, 7) is 14.6. The minimum absolute atomic E-state index is 0.429. The number of morpholine rings is 1. The molecule has 0 radical (unpaired) electrons. The molecular weight excluding hydrogens is 162 g/mol. The zero-order valence-electron chi connectivity index (χ0n) is 9.47. The molecule has 0 aromatic carbocycles. The molecule has 0 aromatic heterocycles. The number of nitrogens with zero attached hydrogens (tertiary/aromatic N) is 1. The smallest absolute Gasteiger partial charge is 0.0594 e. The van der Waals surface area contributed by atoms with Gasteiger partial charge in [0, 0.05) is 19.6 Å². The molecule has 1 aliphatic rings. The van der Waals surface area contributed by atoms with E-state index in [9.17, 15) is 0 Å². The third kappa shape index (κ3) is 3.65. The highest BCUT2D eigenvalue weighted by molar-refractivity contribution is 4.74. The predicted octanol–water partition coefficient (Wildman–Crippen LogP) is 2.00. The van der Waals surface area contributed by atoms with Gasteiger partial charge in [-0.1, -0.05) is 27.7 Å². The number of ether oxygens (including phenoxy) is 1. The Bertz CT molecular complexity index is 145. The lowest BCUT2D eigenvalue weighted by Crippen LogP contribution is -2.41. The summed E-state index contributed by atoms with van der Waals surface area (Å²) in [6.07, 6.45) is 0. The Morgan fingerprint density at radius 3 is 2.23 bits per heavy atom. The molecule has 13 heavy (non-hydrogen) atoms. The van der Waals surface area contributed by atoms with Crippen molar-refractivity contribution < 1.29 is 4.74 Å². The molecule has 0 spiro atoms. The first-order valence-corrected chi connectivity index (χ1v) is 5.30. The van der Waals surface area contributed by atoms with Gasteiger partial charge in [-0.2, -0.15) is 0 Å². The maximum atomic E-state index is 5.33. The molecule has 1 aliphatic heterocycles. The molecule has 0 amide bonds. The Labute approximate surface area is 82.3 Å². The fraction of sp³-hybridized carbons (Fsp3) is 1.00. The van der Waals surface area contributed by atoms with E-state index >= 15 is 0 Å². The summed E-state index contributed by atoms with van der Waals surface area (Å²) in [6, 6.07) is 0. The van der Waals surface area contributed by atoms with Gasteiger partial charge in [-0.3, -0.25) is 4.90 Å². The molecule has 1 rings (SSSR count). The summed E-state index contributed by atoms with van der Waals surface area (Å²) in [5, 5.41) is 0. The van der Waals surface area contributed by atoms with E-state index < -0.39 is 0 Å². The summed E-state index contributed by atoms with van der Waals surface area (Å²) < 4.78 is 5.33. The van der Waals surface area contributed by atoms with E-state index in [0.29, 0.717) is 5.41 Å². The average molecular weight is 185 g/mol. The van der Waals surface area contributed by atoms with Crippen molar-refractivity contribution in [1.82, 2.24) is 4.90 Å². The van der Waals surface area contributed by atoms with Crippen molar-refractivity contribution in [1.29, 1.82) is 0 Å². The molecule has 1 heterocycles. The van der Waals surface area contributed by atoms with Crippen molar-refractivity contribution in [2.45, 2.75) is 27.7 Å². The third-order valence-electron chi connectivity index (χ3n) is 3.11. The van der Waals surface area contributed by atoms with Crippen LogP contribution >= 0.6 is 0 Å². The lowest BCUT2D eigenvalue weighted by Gasteiger charge is -2.34. The van der Waals surface area contributed by atoms with Crippen LogP contribution in [0.2, 0.25) is 0 Å². The van der Waals surface area contributed by atoms with Crippen molar-refractivity contribution in [2.24, 2.45) is 11.3 Å². The van der Waals surface area contributed by atoms with E-state index in [1.54, 1.807) is 0 Å². The Hall–Kier alpha value is -0.0800. The number of hydrogen-bond acceptors (Lipinski definition) is 2. The highest BCUT2D eigenvalue weighted by Crippen LogP contribution is 2.26. The Morgan fingerprint density at radius 2 is 1.77 bits per heavy atom. The zero-order valence-corrected chi connectivity index (χ0v) is 9.47. The second-order valence-electron chi connectivity index (χ2n) is 5.18. The van der Waals surface area contributed by atoms with Crippen LogP contribution in [0.4, 0.5) is 0 Å². The van der Waals surface area contributed by atoms with Crippen LogP contribution in [0, 0.1) is 11.3 Å². The largest absolute Gasteiger partial charge is 0.379 e. The van der Waals surface area contributed by atoms with Crippen molar-refractivity contribution in [2.75, 3.05) is 32.8 Å². The van der Waals surface area contributed by atoms with Crippen LogP contribution in [0.25, 0.3) is 0 Å². The minimum Gasteiger partial charge on any atom is -0.379 e. The fourth-order valence-corrected chi connectivity index (χ4v) is 1.44. The van der Waals surface area contributed by atoms with Crippen LogP contribution < -0.4 is 0 Å². The minimum atomic E-state index is 0.429. The molecule has 1 atom stereocenters. The van der Waals surface area contributed by atoms with Gasteiger partial charge >= 0.3 is 0 Å². The molecule has 0 aromatic rings. The predicted molar refractivity (Wildman–Crippen MR) is 55.9 cm³/mol. The highest BCUT2D eigenvalue weighted by Gasteiger charge is 2.23. The van der Waals surface area contributed by atoms with E-state index in [2.05, 4.69) is 32.6 Å². The van der Waals surface area contributed by atoms with Gasteiger partial charge < -0.3 is 4.74 Å². The molecule has 1 fully saturated rings. The van der Waals surface area contributed by atoms with E-state index in [-0.39, 0.29) is 0 Å². The van der Waals surface area contributed by atoms with Gasteiger partial charge in [0.05, 0.1) is 13.2 Å². The standard InChI is InChI=1S/C11H23NO/c1-10(11(2,3)4)9-12-5-7-13-8-6-12/h10H,5-9H2,1-4H3/t10-/m0/s1. The average Bonchev–Trinajstić information content (AvgIpc) is 2.04. The summed E-state index contributed by atoms with van der Waals surface area (Å²) in [5.41, 5.74) is 0.429. The van der Waals surface area contributed by atoms with Gasteiger partial charge in [-0.25, -0.2) is 0 Å². The van der Waals surface area contributed by atoms with E-state index in [0.717, 1.165) is 32.2 Å². The van der Waals surface area contributed by atoms with Crippen LogP contribution in [0.15, 0.2) is 0 Å². The summed E-state index contributed by atoms with van der Waals surface area (Å²) >= 11 is 0. The van der Waals surface area contributed by atoms with Crippen LogP contribution in [0.1, 0.15) is 27.7 Å². The number of hydrogen-bond donors (Lipinski definition) is 0. The topological polar surface area (TPSA) is 12.5 Å². The number of rotatable bonds is 2. The first kappa shape index (κ1) is 11.0. The molecule has 0 unspecified atom stereocenters. The lowest BCUT2D eigenvalue weighted by molar-refractivity contribution is 0.0227. The Morgan fingerprint density at radius 1 is 1.23 bits per heavy atom. The second kappa shape index (κ2) is 4.43. The van der Waals surface area contributed by atoms with Crippen molar-refractivity contribution in [3.8, 4) is 0 Å². The van der Waals surface area contributed by atoms with Crippen molar-refractivity contribution in [3.63, 3.8) is 0 Å². The van der Waals surface area contributed by atoms with Gasteiger partial charge in [-0.15, -0.1) is 0 Å². The summed E-state index contributed by atoms with van der Waals surface area (Å²) in [7, 11) is 0. The molecular formula is C11H23NO. The van der Waals surface area contributed by atoms with Gasteiger partial charge in [0.15, 0.2) is 0 Å². The molecule has 2 heteroatoms. The van der Waals surface area contributed by atoms with E-state index in [4.69, 9.17) is 4.74 Å². The summed E-state index contributed by atoms with van der Waals surface area (Å²) in [4.78, 5) is 2.51. The highest BCUT2D eigenvalue weighted by atomic mass is 16.5. The quantitative estimate of drug-likeness (QED) is 0.652. The van der Waals surface area contributed by atoms with Gasteiger partial charge in [0.25, 0.3) is 0 Å². The van der Waals surface area contributed by atoms with Gasteiger partial charge in [0.2, 0.25) is 0 Å². The molecule has 0 N–H and O–H groups in total. The van der Waals surface area contributed by atoms with E-state index in [1.807, 2.05) is 0 Å². The van der Waals surface area contributed by atoms with E-state index in [1.165, 1.54) is 6.54 Å². The van der Waals surface area contributed by atoms with Crippen LogP contribution in [0.5, 0.6) is 0 Å². The van der Waals surface area contributed by atoms with Crippen LogP contribution in [0.3, 0.4) is 0 Å². The zero-order chi connectivity index (χ0) is 9.90. The maximum absolute atomic E-state index is 5.33. The van der Waals surface area contributed by atoms with Crippen LogP contribution in [-0.4, -0.2) is 37.7 Å². The van der Waals surface area contributed by atoms with Crippen LogP contribution in [-0.2, 0) is 4.74 Å². The molecule has 0 aliphatic carbocycles. The third-order valence-corrected chi connectivity index (χ3v) is 3.11. The molecule has 78 valence electrons. The Balaban J connectivity index is 2.30. The monoisotopic (exact) mass is 185 g/mol. The maximum Gasteiger partial charge on any atom is 0.0594 e. The second-order valence-corrected chi connectivity index (χ2v) is 5.18.